The molecule has 1 unspecified atom stereocenters. The van der Waals surface area contributed by atoms with E-state index in [9.17, 15) is 9.59 Å². The summed E-state index contributed by atoms with van der Waals surface area (Å²) in [5, 5.41) is 3.35. The number of carbonyl (C=O) groups is 2. The molecule has 2 saturated heterocycles. The second kappa shape index (κ2) is 10.3. The van der Waals surface area contributed by atoms with E-state index in [2.05, 4.69) is 15.2 Å². The van der Waals surface area contributed by atoms with Crippen molar-refractivity contribution >= 4 is 40.4 Å². The van der Waals surface area contributed by atoms with Gasteiger partial charge < -0.3 is 29.2 Å². The molecule has 1 atom stereocenters. The molecule has 0 radical (unpaired) electrons. The predicted molar refractivity (Wildman–Crippen MR) is 150 cm³/mol. The number of amides is 2. The molecule has 1 N–H and O–H groups in total. The Hall–Kier alpha value is -4.05. The van der Waals surface area contributed by atoms with E-state index in [1.807, 2.05) is 48.0 Å². The number of rotatable bonds is 6. The first-order valence-corrected chi connectivity index (χ1v) is 13.6. The van der Waals surface area contributed by atoms with Crippen LogP contribution in [0.25, 0.3) is 0 Å². The Kier molecular flexibility index (Phi) is 6.64. The van der Waals surface area contributed by atoms with Crippen molar-refractivity contribution in [3.63, 3.8) is 0 Å². The first-order valence-electron chi connectivity index (χ1n) is 13.6. The fraction of sp³-hybridized carbons (Fsp3) is 0.414. The van der Waals surface area contributed by atoms with Crippen molar-refractivity contribution in [2.45, 2.75) is 32.2 Å². The van der Waals surface area contributed by atoms with E-state index >= 15 is 0 Å². The van der Waals surface area contributed by atoms with Crippen LogP contribution in [-0.2, 0) is 0 Å². The summed E-state index contributed by atoms with van der Waals surface area (Å²) in [6.45, 7) is 6.23. The number of aromatic nitrogens is 1. The van der Waals surface area contributed by atoms with E-state index in [-0.39, 0.29) is 17.6 Å². The van der Waals surface area contributed by atoms with E-state index in [0.29, 0.717) is 46.8 Å². The lowest BCUT2D eigenvalue weighted by atomic mass is 10.1. The Morgan fingerprint density at radius 2 is 1.90 bits per heavy atom. The number of benzene rings is 1. The SMILES string of the molecule is CCOc1cc(C(=O)N2CCC(N3CCCC3)C2)ccc1Nc1cc2c(cn1)N(C)C(=O)c1occc1N2C. The number of hydrogen-bond acceptors (Lipinski definition) is 8. The van der Waals surface area contributed by atoms with Gasteiger partial charge in [0.25, 0.3) is 11.8 Å². The minimum Gasteiger partial charge on any atom is -0.492 e. The first kappa shape index (κ1) is 25.2. The van der Waals surface area contributed by atoms with Gasteiger partial charge in [-0.1, -0.05) is 0 Å². The highest BCUT2D eigenvalue weighted by Gasteiger charge is 2.33. The fourth-order valence-electron chi connectivity index (χ4n) is 5.84. The summed E-state index contributed by atoms with van der Waals surface area (Å²) < 4.78 is 11.4. The molecule has 2 fully saturated rings. The molecule has 0 saturated carbocycles. The highest BCUT2D eigenvalue weighted by atomic mass is 16.5. The highest BCUT2D eigenvalue weighted by Crippen LogP contribution is 2.41. The Morgan fingerprint density at radius 1 is 1.08 bits per heavy atom. The lowest BCUT2D eigenvalue weighted by Crippen LogP contribution is -2.37. The maximum atomic E-state index is 13.4. The van der Waals surface area contributed by atoms with Gasteiger partial charge in [-0.05, 0) is 57.5 Å². The number of furan rings is 1. The smallest absolute Gasteiger partial charge is 0.296 e. The minimum atomic E-state index is -0.230. The van der Waals surface area contributed by atoms with Gasteiger partial charge in [-0.3, -0.25) is 14.5 Å². The zero-order chi connectivity index (χ0) is 27.1. The van der Waals surface area contributed by atoms with Crippen molar-refractivity contribution in [2.75, 3.05) is 62.0 Å². The number of ether oxygens (including phenoxy) is 1. The third kappa shape index (κ3) is 4.58. The monoisotopic (exact) mass is 530 g/mol. The van der Waals surface area contributed by atoms with Crippen LogP contribution in [0.2, 0.25) is 0 Å². The highest BCUT2D eigenvalue weighted by molar-refractivity contribution is 6.11. The number of nitrogens with zero attached hydrogens (tertiary/aromatic N) is 5. The Balaban J connectivity index is 1.24. The third-order valence-electron chi connectivity index (χ3n) is 7.99. The van der Waals surface area contributed by atoms with Crippen LogP contribution in [0, 0.1) is 0 Å². The van der Waals surface area contributed by atoms with Crippen molar-refractivity contribution in [3.8, 4) is 5.75 Å². The second-order valence-electron chi connectivity index (χ2n) is 10.3. The van der Waals surface area contributed by atoms with Crippen LogP contribution < -0.4 is 19.9 Å². The van der Waals surface area contributed by atoms with Crippen LogP contribution in [0.4, 0.5) is 28.6 Å². The number of nitrogens with one attached hydrogen (secondary N) is 1. The van der Waals surface area contributed by atoms with E-state index in [0.717, 1.165) is 38.3 Å². The van der Waals surface area contributed by atoms with Gasteiger partial charge in [0.15, 0.2) is 0 Å². The lowest BCUT2D eigenvalue weighted by molar-refractivity contribution is 0.0779. The van der Waals surface area contributed by atoms with Crippen molar-refractivity contribution in [3.05, 3.63) is 54.1 Å². The average Bonchev–Trinajstić information content (AvgIpc) is 3.73. The number of carbonyl (C=O) groups excluding carboxylic acids is 2. The van der Waals surface area contributed by atoms with Gasteiger partial charge in [-0.2, -0.15) is 0 Å². The molecule has 5 heterocycles. The summed E-state index contributed by atoms with van der Waals surface area (Å²) >= 11 is 0. The quantitative estimate of drug-likeness (QED) is 0.499. The maximum absolute atomic E-state index is 13.4. The van der Waals surface area contributed by atoms with Crippen LogP contribution in [-0.4, -0.2) is 79.5 Å². The van der Waals surface area contributed by atoms with E-state index < -0.39 is 0 Å². The van der Waals surface area contributed by atoms with E-state index in [1.165, 1.54) is 24.0 Å². The number of fused-ring (bicyclic) bond motifs is 2. The molecule has 10 nitrogen and oxygen atoms in total. The van der Waals surface area contributed by atoms with Gasteiger partial charge in [0.1, 0.15) is 11.6 Å². The van der Waals surface area contributed by atoms with Crippen molar-refractivity contribution in [2.24, 2.45) is 0 Å². The number of pyridine rings is 1. The number of anilines is 5. The molecule has 6 rings (SSSR count). The van der Waals surface area contributed by atoms with Gasteiger partial charge in [0.2, 0.25) is 5.76 Å². The Morgan fingerprint density at radius 3 is 2.69 bits per heavy atom. The molecule has 3 aliphatic heterocycles. The molecule has 10 heteroatoms. The molecule has 2 aromatic heterocycles. The summed E-state index contributed by atoms with van der Waals surface area (Å²) in [6.07, 6.45) is 6.73. The average molecular weight is 531 g/mol. The number of likely N-dealkylation sites (tertiary alicyclic amines) is 2. The molecule has 1 aromatic carbocycles. The molecule has 0 bridgehead atoms. The second-order valence-corrected chi connectivity index (χ2v) is 10.3. The van der Waals surface area contributed by atoms with Gasteiger partial charge in [-0.15, -0.1) is 0 Å². The van der Waals surface area contributed by atoms with Crippen molar-refractivity contribution in [1.29, 1.82) is 0 Å². The van der Waals surface area contributed by atoms with Crippen LogP contribution >= 0.6 is 0 Å². The van der Waals surface area contributed by atoms with Crippen molar-refractivity contribution < 1.29 is 18.7 Å². The van der Waals surface area contributed by atoms with Crippen LogP contribution in [0.1, 0.15) is 47.1 Å². The molecule has 3 aromatic rings. The molecule has 39 heavy (non-hydrogen) atoms. The summed E-state index contributed by atoms with van der Waals surface area (Å²) in [7, 11) is 3.60. The fourth-order valence-corrected chi connectivity index (χ4v) is 5.84. The van der Waals surface area contributed by atoms with Gasteiger partial charge in [-0.25, -0.2) is 4.98 Å². The Bertz CT molecular complexity index is 1400. The topological polar surface area (TPSA) is 94.4 Å². The molecule has 204 valence electrons. The largest absolute Gasteiger partial charge is 0.492 e. The van der Waals surface area contributed by atoms with Crippen LogP contribution in [0.3, 0.4) is 0 Å². The molecule has 2 amide bonds. The summed E-state index contributed by atoms with van der Waals surface area (Å²) in [6, 6.07) is 9.66. The minimum absolute atomic E-state index is 0.0394. The first-order chi connectivity index (χ1) is 18.9. The molecule has 0 aliphatic carbocycles. The number of hydrogen-bond donors (Lipinski definition) is 1. The van der Waals surface area contributed by atoms with Gasteiger partial charge >= 0.3 is 0 Å². The lowest BCUT2D eigenvalue weighted by Gasteiger charge is -2.24. The zero-order valence-corrected chi connectivity index (χ0v) is 22.6. The molecular formula is C29H34N6O4. The van der Waals surface area contributed by atoms with Crippen LogP contribution in [0.5, 0.6) is 5.75 Å². The van der Waals surface area contributed by atoms with Crippen LogP contribution in [0.15, 0.2) is 47.2 Å². The summed E-state index contributed by atoms with van der Waals surface area (Å²) in [5.74, 6) is 1.27. The standard InChI is InChI=1S/C29H34N6O4/c1-4-38-25-15-19(28(36)35-13-9-20(18-35)34-11-5-6-12-34)7-8-21(25)31-26-16-23-24(17-30-26)33(3)29(37)27-22(32(23)2)10-14-39-27/h7-8,10,14-17,20H,4-6,9,11-13,18H2,1-3H3,(H,30,31). The zero-order valence-electron chi connectivity index (χ0n) is 22.6. The molecule has 0 spiro atoms. The van der Waals surface area contributed by atoms with Gasteiger partial charge in [0.05, 0.1) is 41.8 Å². The molecule has 3 aliphatic rings. The van der Waals surface area contributed by atoms with Crippen molar-refractivity contribution in [1.82, 2.24) is 14.8 Å². The Labute approximate surface area is 228 Å². The van der Waals surface area contributed by atoms with Gasteiger partial charge in [0, 0.05) is 50.9 Å². The third-order valence-corrected chi connectivity index (χ3v) is 7.99. The molecular weight excluding hydrogens is 496 g/mol. The predicted octanol–water partition coefficient (Wildman–Crippen LogP) is 4.49. The van der Waals surface area contributed by atoms with E-state index in [4.69, 9.17) is 9.15 Å². The van der Waals surface area contributed by atoms with E-state index in [1.54, 1.807) is 19.3 Å². The summed E-state index contributed by atoms with van der Waals surface area (Å²) in [4.78, 5) is 38.8. The maximum Gasteiger partial charge on any atom is 0.296 e. The summed E-state index contributed by atoms with van der Waals surface area (Å²) in [5.41, 5.74) is 3.49. The normalized spacial score (nSPS) is 19.2.